The van der Waals surface area contributed by atoms with Gasteiger partial charge in [0.1, 0.15) is 0 Å². The summed E-state index contributed by atoms with van der Waals surface area (Å²) in [5, 5.41) is 9.19. The van der Waals surface area contributed by atoms with Gasteiger partial charge < -0.3 is 16.6 Å². The first-order chi connectivity index (χ1) is 11.1. The Morgan fingerprint density at radius 2 is 1.50 bits per heavy atom. The lowest BCUT2D eigenvalue weighted by Crippen LogP contribution is -2.19. The maximum absolute atomic E-state index is 12.8. The van der Waals surface area contributed by atoms with Crippen LogP contribution in [0.4, 0.5) is 17.1 Å². The Morgan fingerprint density at radius 1 is 1.00 bits per heavy atom. The van der Waals surface area contributed by atoms with Gasteiger partial charge in [-0.25, -0.2) is 13.2 Å². The number of sulfonamides is 1. The third kappa shape index (κ3) is 2.88. The van der Waals surface area contributed by atoms with Crippen LogP contribution >= 0.6 is 0 Å². The van der Waals surface area contributed by atoms with Gasteiger partial charge in [-0.3, -0.25) is 4.72 Å². The van der Waals surface area contributed by atoms with Gasteiger partial charge in [0.2, 0.25) is 0 Å². The van der Waals surface area contributed by atoms with E-state index >= 15 is 0 Å². The Morgan fingerprint density at radius 3 is 2.00 bits per heavy atom. The average Bonchev–Trinajstić information content (AvgIpc) is 2.50. The van der Waals surface area contributed by atoms with Gasteiger partial charge >= 0.3 is 5.97 Å². The molecule has 0 heterocycles. The van der Waals surface area contributed by atoms with E-state index in [1.54, 1.807) is 26.8 Å². The number of aromatic carboxylic acids is 1. The van der Waals surface area contributed by atoms with Crippen LogP contribution in [0.25, 0.3) is 0 Å². The van der Waals surface area contributed by atoms with Crippen molar-refractivity contribution in [2.24, 2.45) is 0 Å². The summed E-state index contributed by atoms with van der Waals surface area (Å²) in [4.78, 5) is 11.2. The molecule has 0 atom stereocenters. The van der Waals surface area contributed by atoms with E-state index in [1.165, 1.54) is 18.2 Å². The second-order valence-electron chi connectivity index (χ2n) is 5.49. The highest BCUT2D eigenvalue weighted by atomic mass is 32.2. The molecule has 0 aliphatic carbocycles. The predicted octanol–water partition coefficient (Wildman–Crippen LogP) is 2.28. The van der Waals surface area contributed by atoms with Crippen molar-refractivity contribution in [2.45, 2.75) is 25.7 Å². The lowest BCUT2D eigenvalue weighted by atomic mass is 10.0. The molecule has 0 amide bonds. The van der Waals surface area contributed by atoms with E-state index < -0.39 is 16.0 Å². The minimum Gasteiger partial charge on any atom is -0.478 e. The third-order valence-corrected chi connectivity index (χ3v) is 5.61. The highest BCUT2D eigenvalue weighted by Crippen LogP contribution is 2.34. The van der Waals surface area contributed by atoms with E-state index in [2.05, 4.69) is 4.72 Å². The van der Waals surface area contributed by atoms with Crippen molar-refractivity contribution in [2.75, 3.05) is 16.2 Å². The predicted molar refractivity (Wildman–Crippen MR) is 93.7 cm³/mol. The van der Waals surface area contributed by atoms with Crippen LogP contribution in [0.1, 0.15) is 27.0 Å². The monoisotopic (exact) mass is 349 g/mol. The van der Waals surface area contributed by atoms with Crippen LogP contribution in [0.5, 0.6) is 0 Å². The quantitative estimate of drug-likeness (QED) is 0.625. The maximum Gasteiger partial charge on any atom is 0.337 e. The molecule has 24 heavy (non-hydrogen) atoms. The van der Waals surface area contributed by atoms with Gasteiger partial charge in [-0.05, 0) is 49.6 Å². The van der Waals surface area contributed by atoms with Crippen molar-refractivity contribution in [3.05, 3.63) is 46.5 Å². The highest BCUT2D eigenvalue weighted by Gasteiger charge is 2.26. The molecule has 0 bridgehead atoms. The zero-order valence-corrected chi connectivity index (χ0v) is 14.4. The average molecular weight is 349 g/mol. The van der Waals surface area contributed by atoms with Crippen LogP contribution in [0.15, 0.2) is 29.2 Å². The molecule has 7 nitrogen and oxygen atoms in total. The molecule has 6 N–H and O–H groups in total. The first-order valence-electron chi connectivity index (χ1n) is 7.07. The number of hydrogen-bond donors (Lipinski definition) is 4. The zero-order chi connectivity index (χ0) is 18.2. The third-order valence-electron chi connectivity index (χ3n) is 3.97. The number of nitrogens with one attached hydrogen (secondary N) is 1. The number of para-hydroxylation sites is 1. The first kappa shape index (κ1) is 17.6. The Hall–Kier alpha value is -2.74. The van der Waals surface area contributed by atoms with Crippen LogP contribution in [-0.4, -0.2) is 19.5 Å². The minimum atomic E-state index is -4.07. The number of nitrogen functional groups attached to an aromatic ring is 2. The standard InChI is InChI=1S/C16H19N3O4S/c1-8-13(17)9(2)15(10(3)14(8)18)24(22,23)19-12-7-5-4-6-11(12)16(20)21/h4-7,19H,17-18H2,1-3H3,(H,20,21). The van der Waals surface area contributed by atoms with Crippen LogP contribution in [0.2, 0.25) is 0 Å². The molecule has 0 radical (unpaired) electrons. The number of rotatable bonds is 4. The summed E-state index contributed by atoms with van der Waals surface area (Å²) < 4.78 is 28.0. The second kappa shape index (κ2) is 6.04. The van der Waals surface area contributed by atoms with Gasteiger partial charge in [0.15, 0.2) is 0 Å². The Kier molecular flexibility index (Phi) is 4.44. The Labute approximate surface area is 140 Å². The molecule has 2 aromatic carbocycles. The number of carboxylic acids is 1. The summed E-state index contributed by atoms with van der Waals surface area (Å²) in [6.07, 6.45) is 0. The summed E-state index contributed by atoms with van der Waals surface area (Å²) in [7, 11) is -4.07. The minimum absolute atomic E-state index is 0.0264. The molecular weight excluding hydrogens is 330 g/mol. The molecule has 0 unspecified atom stereocenters. The molecule has 0 aliphatic heterocycles. The largest absolute Gasteiger partial charge is 0.478 e. The number of nitrogens with two attached hydrogens (primary N) is 2. The number of carbonyl (C=O) groups is 1. The van der Waals surface area contributed by atoms with E-state index in [-0.39, 0.29) is 16.1 Å². The van der Waals surface area contributed by atoms with Crippen molar-refractivity contribution in [3.8, 4) is 0 Å². The first-order valence-corrected chi connectivity index (χ1v) is 8.56. The fourth-order valence-corrected chi connectivity index (χ4v) is 4.19. The molecular formula is C16H19N3O4S. The summed E-state index contributed by atoms with van der Waals surface area (Å²) >= 11 is 0. The van der Waals surface area contributed by atoms with Crippen molar-refractivity contribution < 1.29 is 18.3 Å². The van der Waals surface area contributed by atoms with Gasteiger partial charge in [0.25, 0.3) is 10.0 Å². The molecule has 0 aliphatic rings. The molecule has 8 heteroatoms. The summed E-state index contributed by atoms with van der Waals surface area (Å²) in [5.74, 6) is -1.23. The second-order valence-corrected chi connectivity index (χ2v) is 7.11. The SMILES string of the molecule is Cc1c(N)c(C)c(S(=O)(=O)Nc2ccccc2C(=O)O)c(C)c1N. The molecule has 2 aromatic rings. The summed E-state index contributed by atoms with van der Waals surface area (Å²) in [6, 6.07) is 5.76. The normalized spacial score (nSPS) is 11.3. The van der Waals surface area contributed by atoms with Crippen molar-refractivity contribution in [1.29, 1.82) is 0 Å². The van der Waals surface area contributed by atoms with Gasteiger partial charge in [0, 0.05) is 11.4 Å². The Balaban J connectivity index is 2.64. The van der Waals surface area contributed by atoms with Gasteiger partial charge in [0.05, 0.1) is 16.1 Å². The van der Waals surface area contributed by atoms with Gasteiger partial charge in [-0.15, -0.1) is 0 Å². The molecule has 2 rings (SSSR count). The van der Waals surface area contributed by atoms with E-state index in [1.807, 2.05) is 0 Å². The summed E-state index contributed by atoms with van der Waals surface area (Å²) in [6.45, 7) is 4.90. The number of hydrogen-bond acceptors (Lipinski definition) is 5. The Bertz CT molecular complexity index is 908. The molecule has 0 aromatic heterocycles. The fraction of sp³-hybridized carbons (Fsp3) is 0.188. The van der Waals surface area contributed by atoms with Crippen LogP contribution in [0.3, 0.4) is 0 Å². The number of anilines is 3. The fourth-order valence-electron chi connectivity index (χ4n) is 2.59. The summed E-state index contributed by atoms with van der Waals surface area (Å²) in [5.41, 5.74) is 13.7. The number of benzene rings is 2. The molecule has 0 fully saturated rings. The lowest BCUT2D eigenvalue weighted by molar-refractivity contribution is 0.0698. The van der Waals surface area contributed by atoms with Gasteiger partial charge in [-0.2, -0.15) is 0 Å². The van der Waals surface area contributed by atoms with Crippen LogP contribution in [0, 0.1) is 20.8 Å². The smallest absolute Gasteiger partial charge is 0.337 e. The number of carboxylic acid groups (broad SMARTS) is 1. The van der Waals surface area contributed by atoms with E-state index in [9.17, 15) is 18.3 Å². The molecule has 0 saturated carbocycles. The maximum atomic E-state index is 12.8. The zero-order valence-electron chi connectivity index (χ0n) is 13.5. The van der Waals surface area contributed by atoms with E-state index in [0.29, 0.717) is 28.1 Å². The molecule has 0 saturated heterocycles. The van der Waals surface area contributed by atoms with E-state index in [0.717, 1.165) is 0 Å². The van der Waals surface area contributed by atoms with Crippen LogP contribution in [-0.2, 0) is 10.0 Å². The topological polar surface area (TPSA) is 136 Å². The van der Waals surface area contributed by atoms with Crippen molar-refractivity contribution in [3.63, 3.8) is 0 Å². The molecule has 0 spiro atoms. The lowest BCUT2D eigenvalue weighted by Gasteiger charge is -2.19. The van der Waals surface area contributed by atoms with Crippen molar-refractivity contribution in [1.82, 2.24) is 0 Å². The van der Waals surface area contributed by atoms with Crippen molar-refractivity contribution >= 4 is 33.1 Å². The highest BCUT2D eigenvalue weighted by molar-refractivity contribution is 7.92. The van der Waals surface area contributed by atoms with Gasteiger partial charge in [-0.1, -0.05) is 12.1 Å². The van der Waals surface area contributed by atoms with E-state index in [4.69, 9.17) is 11.5 Å². The molecule has 128 valence electrons. The van der Waals surface area contributed by atoms with Crippen LogP contribution < -0.4 is 16.2 Å².